The molecule has 0 heterocycles. The summed E-state index contributed by atoms with van der Waals surface area (Å²) in [5.74, 6) is 0.580. The first-order valence-corrected chi connectivity index (χ1v) is 6.49. The van der Waals surface area contributed by atoms with Crippen LogP contribution >= 0.6 is 0 Å². The molecule has 2 N–H and O–H groups in total. The van der Waals surface area contributed by atoms with Gasteiger partial charge in [-0.15, -0.1) is 0 Å². The van der Waals surface area contributed by atoms with Crippen LogP contribution < -0.4 is 10.5 Å². The van der Waals surface area contributed by atoms with Crippen LogP contribution in [-0.2, 0) is 12.8 Å². The van der Waals surface area contributed by atoms with Crippen LogP contribution in [0.3, 0.4) is 0 Å². The molecule has 0 amide bonds. The summed E-state index contributed by atoms with van der Waals surface area (Å²) in [6.07, 6.45) is 1.52. The normalized spacial score (nSPS) is 10.5. The SMILES string of the molecule is CCc1cccc(Oc2c(F)cccc2CCN)c1. The number of ether oxygens (including phenoxy) is 1. The van der Waals surface area contributed by atoms with Gasteiger partial charge in [0.25, 0.3) is 0 Å². The molecule has 2 nitrogen and oxygen atoms in total. The summed E-state index contributed by atoms with van der Waals surface area (Å²) >= 11 is 0. The highest BCUT2D eigenvalue weighted by atomic mass is 19.1. The first-order chi connectivity index (χ1) is 9.24. The molecule has 2 aromatic rings. The highest BCUT2D eigenvalue weighted by molar-refractivity contribution is 5.40. The molecule has 0 saturated carbocycles. The number of para-hydroxylation sites is 1. The molecule has 19 heavy (non-hydrogen) atoms. The van der Waals surface area contributed by atoms with Gasteiger partial charge in [0.05, 0.1) is 0 Å². The number of benzene rings is 2. The average molecular weight is 259 g/mol. The van der Waals surface area contributed by atoms with Crippen LogP contribution in [0, 0.1) is 5.82 Å². The summed E-state index contributed by atoms with van der Waals surface area (Å²) in [5.41, 5.74) is 7.50. The van der Waals surface area contributed by atoms with E-state index in [0.29, 0.717) is 18.7 Å². The van der Waals surface area contributed by atoms with E-state index in [1.165, 1.54) is 6.07 Å². The summed E-state index contributed by atoms with van der Waals surface area (Å²) in [7, 11) is 0. The third kappa shape index (κ3) is 3.32. The fourth-order valence-electron chi connectivity index (χ4n) is 1.97. The van der Waals surface area contributed by atoms with Gasteiger partial charge in [-0.2, -0.15) is 0 Å². The van der Waals surface area contributed by atoms with Crippen molar-refractivity contribution in [2.75, 3.05) is 6.54 Å². The van der Waals surface area contributed by atoms with Gasteiger partial charge in [-0.3, -0.25) is 0 Å². The first-order valence-electron chi connectivity index (χ1n) is 6.49. The Kier molecular flexibility index (Phi) is 4.53. The molecule has 0 aliphatic rings. The van der Waals surface area contributed by atoms with Crippen LogP contribution in [0.25, 0.3) is 0 Å². The van der Waals surface area contributed by atoms with Crippen LogP contribution in [0.1, 0.15) is 18.1 Å². The second-order valence-electron chi connectivity index (χ2n) is 4.37. The number of hydrogen-bond donors (Lipinski definition) is 1. The largest absolute Gasteiger partial charge is 0.454 e. The maximum absolute atomic E-state index is 13.9. The fraction of sp³-hybridized carbons (Fsp3) is 0.250. The predicted octanol–water partition coefficient (Wildman–Crippen LogP) is 3.68. The summed E-state index contributed by atoms with van der Waals surface area (Å²) in [5, 5.41) is 0. The third-order valence-electron chi connectivity index (χ3n) is 2.99. The monoisotopic (exact) mass is 259 g/mol. The van der Waals surface area contributed by atoms with Crippen molar-refractivity contribution < 1.29 is 9.13 Å². The molecule has 3 heteroatoms. The Labute approximate surface area is 113 Å². The van der Waals surface area contributed by atoms with Gasteiger partial charge in [0.1, 0.15) is 5.75 Å². The molecule has 0 atom stereocenters. The van der Waals surface area contributed by atoms with Gasteiger partial charge in [-0.25, -0.2) is 4.39 Å². The second kappa shape index (κ2) is 6.34. The van der Waals surface area contributed by atoms with Crippen molar-refractivity contribution in [2.24, 2.45) is 5.73 Å². The smallest absolute Gasteiger partial charge is 0.166 e. The van der Waals surface area contributed by atoms with Gasteiger partial charge in [0.15, 0.2) is 11.6 Å². The van der Waals surface area contributed by atoms with Crippen molar-refractivity contribution in [3.63, 3.8) is 0 Å². The highest BCUT2D eigenvalue weighted by Gasteiger charge is 2.10. The Bertz CT molecular complexity index is 554. The summed E-state index contributed by atoms with van der Waals surface area (Å²) < 4.78 is 19.6. The van der Waals surface area contributed by atoms with Crippen LogP contribution in [0.4, 0.5) is 4.39 Å². The van der Waals surface area contributed by atoms with Gasteiger partial charge in [-0.05, 0) is 48.7 Å². The van der Waals surface area contributed by atoms with E-state index in [4.69, 9.17) is 10.5 Å². The minimum absolute atomic E-state index is 0.279. The van der Waals surface area contributed by atoms with Crippen molar-refractivity contribution in [3.8, 4) is 11.5 Å². The Morgan fingerprint density at radius 2 is 1.95 bits per heavy atom. The molecular weight excluding hydrogens is 241 g/mol. The van der Waals surface area contributed by atoms with Crippen LogP contribution in [-0.4, -0.2) is 6.54 Å². The molecule has 0 aromatic heterocycles. The molecule has 0 saturated heterocycles. The molecule has 2 rings (SSSR count). The van der Waals surface area contributed by atoms with E-state index < -0.39 is 0 Å². The predicted molar refractivity (Wildman–Crippen MR) is 75.1 cm³/mol. The average Bonchev–Trinajstić information content (AvgIpc) is 2.43. The van der Waals surface area contributed by atoms with Crippen molar-refractivity contribution in [2.45, 2.75) is 19.8 Å². The van der Waals surface area contributed by atoms with Crippen molar-refractivity contribution in [1.82, 2.24) is 0 Å². The van der Waals surface area contributed by atoms with Crippen molar-refractivity contribution >= 4 is 0 Å². The number of aryl methyl sites for hydroxylation is 1. The molecule has 0 fully saturated rings. The Morgan fingerprint density at radius 1 is 1.16 bits per heavy atom. The van der Waals surface area contributed by atoms with E-state index in [2.05, 4.69) is 6.92 Å². The molecule has 0 bridgehead atoms. The number of rotatable bonds is 5. The van der Waals surface area contributed by atoms with E-state index in [-0.39, 0.29) is 11.6 Å². The molecule has 0 aliphatic carbocycles. The third-order valence-corrected chi connectivity index (χ3v) is 2.99. The zero-order chi connectivity index (χ0) is 13.7. The van der Waals surface area contributed by atoms with E-state index in [1.807, 2.05) is 30.3 Å². The van der Waals surface area contributed by atoms with Crippen LogP contribution in [0.2, 0.25) is 0 Å². The number of nitrogens with two attached hydrogens (primary N) is 1. The number of halogens is 1. The van der Waals surface area contributed by atoms with Gasteiger partial charge in [-0.1, -0.05) is 31.2 Å². The molecule has 0 unspecified atom stereocenters. The highest BCUT2D eigenvalue weighted by Crippen LogP contribution is 2.29. The van der Waals surface area contributed by atoms with E-state index in [9.17, 15) is 4.39 Å². The van der Waals surface area contributed by atoms with Crippen molar-refractivity contribution in [1.29, 1.82) is 0 Å². The molecule has 2 aromatic carbocycles. The van der Waals surface area contributed by atoms with Crippen LogP contribution in [0.5, 0.6) is 11.5 Å². The fourth-order valence-corrected chi connectivity index (χ4v) is 1.97. The molecule has 100 valence electrons. The topological polar surface area (TPSA) is 35.2 Å². The number of hydrogen-bond acceptors (Lipinski definition) is 2. The van der Waals surface area contributed by atoms with Crippen LogP contribution in [0.15, 0.2) is 42.5 Å². The minimum atomic E-state index is -0.354. The van der Waals surface area contributed by atoms with E-state index >= 15 is 0 Å². The lowest BCUT2D eigenvalue weighted by Gasteiger charge is -2.12. The molecule has 0 aliphatic heterocycles. The van der Waals surface area contributed by atoms with Gasteiger partial charge >= 0.3 is 0 Å². The maximum Gasteiger partial charge on any atom is 0.166 e. The summed E-state index contributed by atoms with van der Waals surface area (Å²) in [6, 6.07) is 12.6. The lowest BCUT2D eigenvalue weighted by atomic mass is 10.1. The van der Waals surface area contributed by atoms with Gasteiger partial charge in [0.2, 0.25) is 0 Å². The Morgan fingerprint density at radius 3 is 2.68 bits per heavy atom. The minimum Gasteiger partial charge on any atom is -0.454 e. The second-order valence-corrected chi connectivity index (χ2v) is 4.37. The maximum atomic E-state index is 13.9. The van der Waals surface area contributed by atoms with Gasteiger partial charge < -0.3 is 10.5 Å². The molecule has 0 radical (unpaired) electrons. The first kappa shape index (κ1) is 13.6. The van der Waals surface area contributed by atoms with E-state index in [0.717, 1.165) is 17.5 Å². The quantitative estimate of drug-likeness (QED) is 0.889. The summed E-state index contributed by atoms with van der Waals surface area (Å²) in [4.78, 5) is 0. The van der Waals surface area contributed by atoms with Crippen molar-refractivity contribution in [3.05, 3.63) is 59.4 Å². The zero-order valence-corrected chi connectivity index (χ0v) is 11.0. The van der Waals surface area contributed by atoms with Gasteiger partial charge in [0, 0.05) is 0 Å². The summed E-state index contributed by atoms with van der Waals surface area (Å²) in [6.45, 7) is 2.54. The Hall–Kier alpha value is -1.87. The lowest BCUT2D eigenvalue weighted by Crippen LogP contribution is -2.05. The zero-order valence-electron chi connectivity index (χ0n) is 11.0. The Balaban J connectivity index is 2.31. The standard InChI is InChI=1S/C16H18FNO/c1-2-12-5-3-7-14(11-12)19-16-13(9-10-18)6-4-8-15(16)17/h3-8,11H,2,9-10,18H2,1H3. The van der Waals surface area contributed by atoms with E-state index in [1.54, 1.807) is 6.07 Å². The molecule has 0 spiro atoms. The lowest BCUT2D eigenvalue weighted by molar-refractivity contribution is 0.436. The molecular formula is C16H18FNO.